The Balaban J connectivity index is 4.65. The fraction of sp³-hybridized carbons (Fsp3) is 0.733. The summed E-state index contributed by atoms with van der Waals surface area (Å²) in [5.41, 5.74) is 0. The molecule has 0 fully saturated rings. The summed E-state index contributed by atoms with van der Waals surface area (Å²) in [7, 11) is 0. The van der Waals surface area contributed by atoms with E-state index in [1.807, 2.05) is 36.5 Å². The maximum Gasteiger partial charge on any atom is 0.306 e. The van der Waals surface area contributed by atoms with Crippen LogP contribution in [-0.4, -0.2) is 46.9 Å². The predicted octanol–water partition coefficient (Wildman–Crippen LogP) is 17.1. The minimum Gasteiger partial charge on any atom is -0.462 e. The van der Waals surface area contributed by atoms with Gasteiger partial charge in [0.1, 0.15) is 6.10 Å². The highest BCUT2D eigenvalue weighted by atomic mass is 16.5. The van der Waals surface area contributed by atoms with Crippen LogP contribution in [0.1, 0.15) is 258 Å². The zero-order valence-corrected chi connectivity index (χ0v) is 43.3. The van der Waals surface area contributed by atoms with Crippen molar-refractivity contribution in [2.75, 3.05) is 6.61 Å². The van der Waals surface area contributed by atoms with E-state index in [9.17, 15) is 19.8 Å². The molecule has 0 aromatic heterocycles. The van der Waals surface area contributed by atoms with E-state index in [1.54, 1.807) is 0 Å². The van der Waals surface area contributed by atoms with Gasteiger partial charge >= 0.3 is 5.97 Å². The van der Waals surface area contributed by atoms with Crippen LogP contribution in [0.25, 0.3) is 0 Å². The van der Waals surface area contributed by atoms with Gasteiger partial charge in [0.2, 0.25) is 5.91 Å². The fourth-order valence-electron chi connectivity index (χ4n) is 8.08. The first kappa shape index (κ1) is 63.0. The largest absolute Gasteiger partial charge is 0.462 e. The molecule has 0 spiro atoms. The van der Waals surface area contributed by atoms with E-state index in [0.717, 1.165) is 77.0 Å². The number of amides is 1. The van der Waals surface area contributed by atoms with Gasteiger partial charge in [-0.1, -0.05) is 254 Å². The van der Waals surface area contributed by atoms with Gasteiger partial charge in [0.05, 0.1) is 25.2 Å². The van der Waals surface area contributed by atoms with Crippen LogP contribution in [0.15, 0.2) is 85.1 Å². The maximum absolute atomic E-state index is 13.2. The minimum atomic E-state index is -0.804. The summed E-state index contributed by atoms with van der Waals surface area (Å²) in [5.74, 6) is -0.520. The van der Waals surface area contributed by atoms with E-state index in [4.69, 9.17) is 4.74 Å². The van der Waals surface area contributed by atoms with Crippen LogP contribution < -0.4 is 5.32 Å². The number of rotatable bonds is 49. The Morgan fingerprint density at radius 2 is 0.864 bits per heavy atom. The highest BCUT2D eigenvalue weighted by Crippen LogP contribution is 2.18. The lowest BCUT2D eigenvalue weighted by Crippen LogP contribution is -2.46. The number of hydrogen-bond acceptors (Lipinski definition) is 5. The number of ether oxygens (including phenoxy) is 1. The minimum absolute atomic E-state index is 0.0445. The smallest absolute Gasteiger partial charge is 0.306 e. The second-order valence-electron chi connectivity index (χ2n) is 18.8. The van der Waals surface area contributed by atoms with Crippen LogP contribution in [0.4, 0.5) is 0 Å². The molecule has 0 aromatic carbocycles. The first-order valence-corrected chi connectivity index (χ1v) is 27.9. The van der Waals surface area contributed by atoms with Gasteiger partial charge in [-0.15, -0.1) is 0 Å². The Labute approximate surface area is 408 Å². The number of unbranched alkanes of at least 4 members (excludes halogenated alkanes) is 27. The van der Waals surface area contributed by atoms with E-state index in [0.29, 0.717) is 19.3 Å². The van der Waals surface area contributed by atoms with E-state index < -0.39 is 18.2 Å². The van der Waals surface area contributed by atoms with Crippen LogP contribution in [0, 0.1) is 0 Å². The monoisotopic (exact) mass is 920 g/mol. The molecule has 0 heterocycles. The van der Waals surface area contributed by atoms with Crippen molar-refractivity contribution in [1.29, 1.82) is 0 Å². The van der Waals surface area contributed by atoms with Crippen molar-refractivity contribution in [3.05, 3.63) is 85.1 Å². The SMILES string of the molecule is CCC/C=C/C=C/C=C/C=C/C=C/CCCCCC(CC(=O)NC(CO)C(O)CCCCCCCCCCCCCC)OC(=O)CCCCCCCCCCC/C=C\C/C=C\CCCCC. The first-order valence-electron chi connectivity index (χ1n) is 27.9. The van der Waals surface area contributed by atoms with Crippen LogP contribution in [0.3, 0.4) is 0 Å². The molecule has 3 N–H and O–H groups in total. The predicted molar refractivity (Wildman–Crippen MR) is 287 cm³/mol. The lowest BCUT2D eigenvalue weighted by Gasteiger charge is -2.24. The van der Waals surface area contributed by atoms with E-state index in [2.05, 4.69) is 74.7 Å². The number of carbonyl (C=O) groups is 2. The molecule has 3 atom stereocenters. The van der Waals surface area contributed by atoms with Crippen LogP contribution in [0.5, 0.6) is 0 Å². The third-order valence-corrected chi connectivity index (χ3v) is 12.3. The highest BCUT2D eigenvalue weighted by Gasteiger charge is 2.24. The third-order valence-electron chi connectivity index (χ3n) is 12.3. The van der Waals surface area contributed by atoms with Crippen molar-refractivity contribution < 1.29 is 24.5 Å². The van der Waals surface area contributed by atoms with Crippen molar-refractivity contribution >= 4 is 11.9 Å². The molecule has 66 heavy (non-hydrogen) atoms. The quantitative estimate of drug-likeness (QED) is 0.0245. The van der Waals surface area contributed by atoms with Crippen molar-refractivity contribution in [1.82, 2.24) is 5.32 Å². The van der Waals surface area contributed by atoms with Crippen molar-refractivity contribution in [2.24, 2.45) is 0 Å². The molecule has 380 valence electrons. The summed E-state index contributed by atoms with van der Waals surface area (Å²) >= 11 is 0. The van der Waals surface area contributed by atoms with Crippen molar-refractivity contribution in [3.63, 3.8) is 0 Å². The molecule has 1 amide bonds. The van der Waals surface area contributed by atoms with Gasteiger partial charge in [0.25, 0.3) is 0 Å². The number of aliphatic hydroxyl groups excluding tert-OH is 2. The molecule has 0 bridgehead atoms. The second-order valence-corrected chi connectivity index (χ2v) is 18.8. The summed E-state index contributed by atoms with van der Waals surface area (Å²) in [5, 5.41) is 23.8. The molecule has 0 radical (unpaired) electrons. The molecule has 0 saturated carbocycles. The summed E-state index contributed by atoms with van der Waals surface area (Å²) in [6, 6.07) is -0.721. The topological polar surface area (TPSA) is 95.9 Å². The molecular formula is C60H105NO5. The maximum atomic E-state index is 13.2. The average molecular weight is 921 g/mol. The molecule has 0 aliphatic carbocycles. The molecular weight excluding hydrogens is 815 g/mol. The Morgan fingerprint density at radius 1 is 0.455 bits per heavy atom. The molecule has 6 nitrogen and oxygen atoms in total. The van der Waals surface area contributed by atoms with Gasteiger partial charge in [-0.2, -0.15) is 0 Å². The van der Waals surface area contributed by atoms with E-state index in [-0.39, 0.29) is 24.9 Å². The van der Waals surface area contributed by atoms with Gasteiger partial charge in [0, 0.05) is 6.42 Å². The molecule has 6 heteroatoms. The third kappa shape index (κ3) is 47.5. The summed E-state index contributed by atoms with van der Waals surface area (Å²) < 4.78 is 5.94. The number of hydrogen-bond donors (Lipinski definition) is 3. The standard InChI is InChI=1S/C60H105NO5/c1-4-7-10-13-16-19-22-25-27-29-30-31-33-35-38-41-44-47-50-53-60(65)66-56(51-48-45-42-39-36-34-32-28-26-23-20-17-14-11-8-5-2)54-59(64)61-57(55-62)58(63)52-49-46-43-40-37-24-21-18-15-12-9-6-3/h11,14,16-17,19-20,23,25-28,32,34,36,56-58,62-63H,4-10,12-13,15,18,21-22,24,29-31,33,35,37-55H2,1-3H3,(H,61,64)/b14-11+,19-16-,20-17+,26-23+,27-25-,32-28+,36-34+. The summed E-state index contributed by atoms with van der Waals surface area (Å²) in [6.07, 6.45) is 69.2. The Hall–Kier alpha value is -2.96. The molecule has 0 saturated heterocycles. The highest BCUT2D eigenvalue weighted by molar-refractivity contribution is 5.77. The summed E-state index contributed by atoms with van der Waals surface area (Å²) in [4.78, 5) is 26.2. The number of nitrogens with one attached hydrogen (secondary N) is 1. The Kier molecular flexibility index (Phi) is 50.6. The molecule has 0 aromatic rings. The van der Waals surface area contributed by atoms with Gasteiger partial charge < -0.3 is 20.3 Å². The lowest BCUT2D eigenvalue weighted by atomic mass is 10.0. The second kappa shape index (κ2) is 53.0. The molecule has 0 aliphatic rings. The lowest BCUT2D eigenvalue weighted by molar-refractivity contribution is -0.151. The zero-order chi connectivity index (χ0) is 48.1. The fourth-order valence-corrected chi connectivity index (χ4v) is 8.08. The molecule has 0 rings (SSSR count). The average Bonchev–Trinajstić information content (AvgIpc) is 3.31. The number of esters is 1. The van der Waals surface area contributed by atoms with Gasteiger partial charge in [-0.05, 0) is 77.0 Å². The van der Waals surface area contributed by atoms with E-state index >= 15 is 0 Å². The van der Waals surface area contributed by atoms with Crippen molar-refractivity contribution in [3.8, 4) is 0 Å². The first-order chi connectivity index (χ1) is 32.5. The summed E-state index contributed by atoms with van der Waals surface area (Å²) in [6.45, 7) is 6.36. The number of carbonyl (C=O) groups excluding carboxylic acids is 2. The van der Waals surface area contributed by atoms with Crippen LogP contribution in [-0.2, 0) is 14.3 Å². The van der Waals surface area contributed by atoms with Gasteiger partial charge in [0.15, 0.2) is 0 Å². The number of allylic oxidation sites excluding steroid dienone is 14. The Bertz CT molecular complexity index is 1260. The number of aliphatic hydroxyl groups is 2. The van der Waals surface area contributed by atoms with Crippen LogP contribution in [0.2, 0.25) is 0 Å². The van der Waals surface area contributed by atoms with Crippen LogP contribution >= 0.6 is 0 Å². The molecule has 3 unspecified atom stereocenters. The van der Waals surface area contributed by atoms with E-state index in [1.165, 1.54) is 135 Å². The van der Waals surface area contributed by atoms with Gasteiger partial charge in [-0.25, -0.2) is 0 Å². The Morgan fingerprint density at radius 3 is 1.39 bits per heavy atom. The molecule has 0 aliphatic heterocycles. The zero-order valence-electron chi connectivity index (χ0n) is 43.3. The van der Waals surface area contributed by atoms with Gasteiger partial charge in [-0.3, -0.25) is 9.59 Å². The normalized spacial score (nSPS) is 13.8. The van der Waals surface area contributed by atoms with Crippen molar-refractivity contribution in [2.45, 2.75) is 277 Å².